The van der Waals surface area contributed by atoms with Crippen LogP contribution in [0.2, 0.25) is 0 Å². The number of nitrogens with one attached hydrogen (secondary N) is 2. The Morgan fingerprint density at radius 3 is 1.02 bits per heavy atom. The lowest BCUT2D eigenvalue weighted by molar-refractivity contribution is 0.0939. The third kappa shape index (κ3) is 5.92. The zero-order valence-corrected chi connectivity index (χ0v) is 29.5. The van der Waals surface area contributed by atoms with Gasteiger partial charge in [-0.1, -0.05) is 129 Å². The highest BCUT2D eigenvalue weighted by Gasteiger charge is 2.19. The lowest BCUT2D eigenvalue weighted by Crippen LogP contribution is -2.06. The number of ketones is 1. The highest BCUT2D eigenvalue weighted by Crippen LogP contribution is 2.38. The Balaban J connectivity index is 1.43. The Bertz CT molecular complexity index is 2700. The lowest BCUT2D eigenvalue weighted by Gasteiger charge is -2.08. The van der Waals surface area contributed by atoms with Crippen molar-refractivity contribution in [3.8, 4) is 44.5 Å². The summed E-state index contributed by atoms with van der Waals surface area (Å²) >= 11 is 0. The zero-order chi connectivity index (χ0) is 35.9. The zero-order valence-electron chi connectivity index (χ0n) is 29.5. The Morgan fingerprint density at radius 1 is 0.415 bits per heavy atom. The van der Waals surface area contributed by atoms with Gasteiger partial charge in [0.15, 0.2) is 5.78 Å². The molecule has 0 saturated heterocycles. The maximum absolute atomic E-state index is 12.9. The highest BCUT2D eigenvalue weighted by atomic mass is 16.1. The van der Waals surface area contributed by atoms with Gasteiger partial charge in [0.05, 0.1) is 22.8 Å². The normalized spacial score (nSPS) is 12.1. The van der Waals surface area contributed by atoms with Crippen LogP contribution in [0.5, 0.6) is 0 Å². The first-order chi connectivity index (χ1) is 26.0. The summed E-state index contributed by atoms with van der Waals surface area (Å²) in [6, 6.07) is 47.7. The Kier molecular flexibility index (Phi) is 8.09. The Hall–Kier alpha value is -6.85. The Morgan fingerprint density at radius 2 is 0.717 bits per heavy atom. The number of carbonyl (C=O) groups excluding carboxylic acids is 1. The van der Waals surface area contributed by atoms with Gasteiger partial charge in [-0.15, -0.1) is 0 Å². The van der Waals surface area contributed by atoms with E-state index in [1.807, 2.05) is 56.3 Å². The van der Waals surface area contributed by atoms with Crippen LogP contribution in [0, 0.1) is 5.92 Å². The molecule has 0 fully saturated rings. The second-order valence-electron chi connectivity index (χ2n) is 13.7. The molecular formula is C48H36N4O. The van der Waals surface area contributed by atoms with E-state index >= 15 is 0 Å². The van der Waals surface area contributed by atoms with Crippen molar-refractivity contribution < 1.29 is 4.79 Å². The number of H-pyrrole nitrogens is 2. The van der Waals surface area contributed by atoms with E-state index in [2.05, 4.69) is 131 Å². The minimum absolute atomic E-state index is 0.0829. The molecule has 7 aromatic rings. The van der Waals surface area contributed by atoms with Crippen molar-refractivity contribution >= 4 is 52.2 Å². The minimum atomic E-state index is -0.0829. The number of aromatic amines is 2. The second-order valence-corrected chi connectivity index (χ2v) is 13.7. The summed E-state index contributed by atoms with van der Waals surface area (Å²) in [6.07, 6.45) is 8.43. The fraction of sp³-hybridized carbons (Fsp3) is 0.0625. The molecule has 0 aliphatic carbocycles. The molecule has 0 radical (unpaired) electrons. The largest absolute Gasteiger partial charge is 0.354 e. The molecule has 3 aromatic heterocycles. The molecule has 254 valence electrons. The molecule has 5 heteroatoms. The number of Topliss-reactive ketones (excluding diaryl/α,β-unsaturated/α-hetero) is 1. The average Bonchev–Trinajstić information content (AvgIpc) is 4.04. The first-order valence-corrected chi connectivity index (χ1v) is 18.0. The van der Waals surface area contributed by atoms with Crippen molar-refractivity contribution in [2.75, 3.05) is 0 Å². The summed E-state index contributed by atoms with van der Waals surface area (Å²) in [7, 11) is 0. The van der Waals surface area contributed by atoms with Crippen LogP contribution in [-0.2, 0) is 0 Å². The predicted octanol–water partition coefficient (Wildman–Crippen LogP) is 12.2. The van der Waals surface area contributed by atoms with Gasteiger partial charge in [-0.25, -0.2) is 9.97 Å². The van der Waals surface area contributed by atoms with E-state index in [9.17, 15) is 4.79 Å². The van der Waals surface area contributed by atoms with Gasteiger partial charge < -0.3 is 9.97 Å². The number of hydrogen-bond donors (Lipinski definition) is 2. The van der Waals surface area contributed by atoms with Crippen LogP contribution in [0.25, 0.3) is 90.9 Å². The smallest absolute Gasteiger partial charge is 0.165 e. The van der Waals surface area contributed by atoms with Gasteiger partial charge in [-0.2, -0.15) is 0 Å². The van der Waals surface area contributed by atoms with Crippen LogP contribution in [0.15, 0.2) is 140 Å². The van der Waals surface area contributed by atoms with Gasteiger partial charge >= 0.3 is 0 Å². The van der Waals surface area contributed by atoms with Crippen LogP contribution in [0.4, 0.5) is 0 Å². The van der Waals surface area contributed by atoms with Crippen molar-refractivity contribution in [2.45, 2.75) is 13.8 Å². The fourth-order valence-corrected chi connectivity index (χ4v) is 7.37. The minimum Gasteiger partial charge on any atom is -0.354 e. The maximum atomic E-state index is 12.9. The molecule has 2 N–H and O–H groups in total. The van der Waals surface area contributed by atoms with Gasteiger partial charge in [0, 0.05) is 55.8 Å². The molecule has 5 nitrogen and oxygen atoms in total. The number of nitrogens with zero attached hydrogens (tertiary/aromatic N) is 2. The SMILES string of the molecule is CC(C)C(=O)c1ccc(-c2c3nc(c(-c4ccccc4)c4ccc([nH]4)c(-c4ccccc4)c4nc(c(-c5ccccc5)c5ccc2[nH]5)C=C4)C=C3)cc1. The molecule has 5 heterocycles. The molecule has 0 saturated carbocycles. The molecule has 0 amide bonds. The molecule has 2 aliphatic rings. The van der Waals surface area contributed by atoms with E-state index < -0.39 is 0 Å². The van der Waals surface area contributed by atoms with E-state index in [0.717, 1.165) is 89.4 Å². The van der Waals surface area contributed by atoms with Crippen molar-refractivity contribution in [1.82, 2.24) is 19.9 Å². The summed E-state index contributed by atoms with van der Waals surface area (Å²) in [5.74, 6) is 0.0414. The third-order valence-corrected chi connectivity index (χ3v) is 9.92. The molecule has 4 aromatic carbocycles. The van der Waals surface area contributed by atoms with E-state index in [0.29, 0.717) is 5.56 Å². The first-order valence-electron chi connectivity index (χ1n) is 18.0. The van der Waals surface area contributed by atoms with Crippen LogP contribution in [0.3, 0.4) is 0 Å². The molecule has 0 unspecified atom stereocenters. The summed E-state index contributed by atoms with van der Waals surface area (Å²) in [5, 5.41) is 0. The monoisotopic (exact) mass is 684 g/mol. The van der Waals surface area contributed by atoms with Gasteiger partial charge in [0.25, 0.3) is 0 Å². The van der Waals surface area contributed by atoms with E-state index in [1.165, 1.54) is 0 Å². The number of fused-ring (bicyclic) bond motifs is 8. The number of rotatable bonds is 6. The number of hydrogen-bond acceptors (Lipinski definition) is 3. The molecular weight excluding hydrogens is 649 g/mol. The summed E-state index contributed by atoms with van der Waals surface area (Å²) < 4.78 is 0. The van der Waals surface area contributed by atoms with Gasteiger partial charge in [0.1, 0.15) is 0 Å². The van der Waals surface area contributed by atoms with E-state index in [4.69, 9.17) is 9.97 Å². The lowest BCUT2D eigenvalue weighted by atomic mass is 9.97. The second kappa shape index (κ2) is 13.4. The van der Waals surface area contributed by atoms with E-state index in [-0.39, 0.29) is 11.7 Å². The van der Waals surface area contributed by atoms with Crippen LogP contribution < -0.4 is 0 Å². The molecule has 8 bridgehead atoms. The third-order valence-electron chi connectivity index (χ3n) is 9.92. The van der Waals surface area contributed by atoms with Gasteiger partial charge in [-0.05, 0) is 70.8 Å². The number of benzene rings is 4. The van der Waals surface area contributed by atoms with E-state index in [1.54, 1.807) is 0 Å². The average molecular weight is 685 g/mol. The summed E-state index contributed by atoms with van der Waals surface area (Å²) in [5.41, 5.74) is 16.1. The van der Waals surface area contributed by atoms with Gasteiger partial charge in [0.2, 0.25) is 0 Å². The number of carbonyl (C=O) groups is 1. The first kappa shape index (κ1) is 32.1. The molecule has 0 atom stereocenters. The van der Waals surface area contributed by atoms with Crippen molar-refractivity contribution in [2.24, 2.45) is 5.92 Å². The molecule has 53 heavy (non-hydrogen) atoms. The van der Waals surface area contributed by atoms with Crippen molar-refractivity contribution in [1.29, 1.82) is 0 Å². The highest BCUT2D eigenvalue weighted by molar-refractivity contribution is 6.01. The quantitative estimate of drug-likeness (QED) is 0.171. The molecule has 9 rings (SSSR count). The summed E-state index contributed by atoms with van der Waals surface area (Å²) in [6.45, 7) is 3.87. The van der Waals surface area contributed by atoms with Crippen molar-refractivity contribution in [3.05, 3.63) is 168 Å². The molecule has 0 spiro atoms. The fourth-order valence-electron chi connectivity index (χ4n) is 7.37. The van der Waals surface area contributed by atoms with Crippen LogP contribution in [0.1, 0.15) is 47.0 Å². The van der Waals surface area contributed by atoms with Crippen LogP contribution in [-0.4, -0.2) is 25.7 Å². The van der Waals surface area contributed by atoms with Crippen molar-refractivity contribution in [3.63, 3.8) is 0 Å². The van der Waals surface area contributed by atoms with Gasteiger partial charge in [-0.3, -0.25) is 4.79 Å². The molecule has 2 aliphatic heterocycles. The van der Waals surface area contributed by atoms with Crippen LogP contribution >= 0.6 is 0 Å². The maximum Gasteiger partial charge on any atom is 0.165 e. The topological polar surface area (TPSA) is 74.4 Å². The number of aromatic nitrogens is 4. The predicted molar refractivity (Wildman–Crippen MR) is 220 cm³/mol. The summed E-state index contributed by atoms with van der Waals surface area (Å²) in [4.78, 5) is 31.2. The standard InChI is InChI=1S/C48H36N4O/c1-30(2)48(53)35-20-18-34(19-21-35)47-42-28-26-40(51-42)45(32-14-8-4-9-15-32)38-24-22-36(49-38)44(31-12-6-3-7-13-31)37-23-25-39(50-37)46(33-16-10-5-11-17-33)41-27-29-43(47)52-41/h3-30,49,52H,1-2H3. The Labute approximate surface area is 308 Å².